The number of anilines is 1. The van der Waals surface area contributed by atoms with E-state index in [2.05, 4.69) is 22.4 Å². The molecule has 0 spiro atoms. The number of H-pyrrole nitrogens is 1. The fourth-order valence-corrected chi connectivity index (χ4v) is 2.28. The Morgan fingerprint density at radius 1 is 1.50 bits per heavy atom. The van der Waals surface area contributed by atoms with Gasteiger partial charge in [0.25, 0.3) is 5.91 Å². The minimum Gasteiger partial charge on any atom is -0.383 e. The molecule has 1 aromatic rings. The van der Waals surface area contributed by atoms with E-state index in [1.165, 1.54) is 25.5 Å². The smallest absolute Gasteiger partial charge is 0.257 e. The van der Waals surface area contributed by atoms with Crippen molar-refractivity contribution in [2.75, 3.05) is 5.73 Å². The Balaban J connectivity index is 2.04. The van der Waals surface area contributed by atoms with Crippen molar-refractivity contribution in [1.82, 2.24) is 15.5 Å². The van der Waals surface area contributed by atoms with E-state index in [0.717, 1.165) is 12.8 Å². The Kier molecular flexibility index (Phi) is 2.85. The van der Waals surface area contributed by atoms with E-state index in [1.807, 2.05) is 0 Å². The molecule has 5 nitrogen and oxygen atoms in total. The van der Waals surface area contributed by atoms with Crippen LogP contribution in [-0.2, 0) is 0 Å². The summed E-state index contributed by atoms with van der Waals surface area (Å²) in [5, 5.41) is 9.37. The van der Waals surface area contributed by atoms with Crippen LogP contribution >= 0.6 is 0 Å². The van der Waals surface area contributed by atoms with Gasteiger partial charge < -0.3 is 11.1 Å². The maximum atomic E-state index is 11.9. The van der Waals surface area contributed by atoms with Gasteiger partial charge >= 0.3 is 0 Å². The third-order valence-corrected chi connectivity index (χ3v) is 3.29. The first-order chi connectivity index (χ1) is 7.61. The van der Waals surface area contributed by atoms with Gasteiger partial charge in [0, 0.05) is 5.54 Å². The monoisotopic (exact) mass is 222 g/mol. The molecule has 0 saturated heterocycles. The summed E-state index contributed by atoms with van der Waals surface area (Å²) >= 11 is 0. The molecule has 2 rings (SSSR count). The molecule has 0 radical (unpaired) electrons. The van der Waals surface area contributed by atoms with Crippen LogP contribution in [0.5, 0.6) is 0 Å². The SMILES string of the molecule is CC1(NC(=O)c2cn[nH]c2N)CCCCC1. The van der Waals surface area contributed by atoms with Crippen LogP contribution in [0.15, 0.2) is 6.20 Å². The van der Waals surface area contributed by atoms with E-state index in [-0.39, 0.29) is 11.4 Å². The minimum atomic E-state index is -0.129. The van der Waals surface area contributed by atoms with Gasteiger partial charge in [0.15, 0.2) is 0 Å². The lowest BCUT2D eigenvalue weighted by Gasteiger charge is -2.34. The number of rotatable bonds is 2. The summed E-state index contributed by atoms with van der Waals surface area (Å²) in [7, 11) is 0. The summed E-state index contributed by atoms with van der Waals surface area (Å²) < 4.78 is 0. The van der Waals surface area contributed by atoms with Crippen LogP contribution in [0, 0.1) is 0 Å². The fourth-order valence-electron chi connectivity index (χ4n) is 2.28. The fraction of sp³-hybridized carbons (Fsp3) is 0.636. The number of carbonyl (C=O) groups excluding carboxylic acids is 1. The van der Waals surface area contributed by atoms with E-state index >= 15 is 0 Å². The van der Waals surface area contributed by atoms with E-state index < -0.39 is 0 Å². The first-order valence-electron chi connectivity index (χ1n) is 5.72. The quantitative estimate of drug-likeness (QED) is 0.708. The second kappa shape index (κ2) is 4.15. The molecular weight excluding hydrogens is 204 g/mol. The second-order valence-corrected chi connectivity index (χ2v) is 4.77. The first kappa shape index (κ1) is 11.0. The number of hydrogen-bond acceptors (Lipinski definition) is 3. The van der Waals surface area contributed by atoms with Gasteiger partial charge in [-0.05, 0) is 19.8 Å². The highest BCUT2D eigenvalue weighted by Gasteiger charge is 2.29. The topological polar surface area (TPSA) is 83.8 Å². The Labute approximate surface area is 94.8 Å². The largest absolute Gasteiger partial charge is 0.383 e. The molecule has 1 heterocycles. The lowest BCUT2D eigenvalue weighted by molar-refractivity contribution is 0.0883. The van der Waals surface area contributed by atoms with Gasteiger partial charge in [-0.2, -0.15) is 5.10 Å². The zero-order valence-corrected chi connectivity index (χ0v) is 9.55. The van der Waals surface area contributed by atoms with Crippen LogP contribution in [0.1, 0.15) is 49.4 Å². The molecule has 0 bridgehead atoms. The van der Waals surface area contributed by atoms with Crippen molar-refractivity contribution in [1.29, 1.82) is 0 Å². The third kappa shape index (κ3) is 2.18. The van der Waals surface area contributed by atoms with Gasteiger partial charge in [-0.1, -0.05) is 19.3 Å². The molecule has 88 valence electrons. The van der Waals surface area contributed by atoms with E-state index in [9.17, 15) is 4.79 Å². The van der Waals surface area contributed by atoms with Gasteiger partial charge in [-0.25, -0.2) is 0 Å². The first-order valence-corrected chi connectivity index (χ1v) is 5.72. The minimum absolute atomic E-state index is 0.0843. The molecule has 0 unspecified atom stereocenters. The maximum Gasteiger partial charge on any atom is 0.257 e. The van der Waals surface area contributed by atoms with Crippen molar-refractivity contribution in [2.45, 2.75) is 44.6 Å². The molecule has 1 aromatic heterocycles. The molecule has 0 aliphatic heterocycles. The van der Waals surface area contributed by atoms with Crippen molar-refractivity contribution in [3.8, 4) is 0 Å². The molecule has 5 heteroatoms. The highest BCUT2D eigenvalue weighted by molar-refractivity contribution is 5.98. The van der Waals surface area contributed by atoms with Crippen molar-refractivity contribution in [3.05, 3.63) is 11.8 Å². The summed E-state index contributed by atoms with van der Waals surface area (Å²) in [6.45, 7) is 2.10. The summed E-state index contributed by atoms with van der Waals surface area (Å²) in [6.07, 6.45) is 7.17. The van der Waals surface area contributed by atoms with Gasteiger partial charge in [0.2, 0.25) is 0 Å². The number of aromatic amines is 1. The number of nitrogens with two attached hydrogens (primary N) is 1. The zero-order valence-electron chi connectivity index (χ0n) is 9.55. The van der Waals surface area contributed by atoms with E-state index in [1.54, 1.807) is 0 Å². The van der Waals surface area contributed by atoms with E-state index in [4.69, 9.17) is 5.73 Å². The summed E-state index contributed by atoms with van der Waals surface area (Å²) in [4.78, 5) is 11.9. The van der Waals surface area contributed by atoms with Gasteiger partial charge in [-0.15, -0.1) is 0 Å². The number of carbonyl (C=O) groups is 1. The highest BCUT2D eigenvalue weighted by Crippen LogP contribution is 2.28. The molecule has 1 aliphatic rings. The Bertz CT molecular complexity index is 379. The van der Waals surface area contributed by atoms with Crippen LogP contribution in [-0.4, -0.2) is 21.6 Å². The maximum absolute atomic E-state index is 11.9. The predicted molar refractivity (Wildman–Crippen MR) is 62.0 cm³/mol. The van der Waals surface area contributed by atoms with Crippen LogP contribution in [0.3, 0.4) is 0 Å². The molecule has 1 fully saturated rings. The second-order valence-electron chi connectivity index (χ2n) is 4.77. The summed E-state index contributed by atoms with van der Waals surface area (Å²) in [6, 6.07) is 0. The number of hydrogen-bond donors (Lipinski definition) is 3. The molecule has 4 N–H and O–H groups in total. The average molecular weight is 222 g/mol. The molecular formula is C11H18N4O. The third-order valence-electron chi connectivity index (χ3n) is 3.29. The van der Waals surface area contributed by atoms with Crippen LogP contribution in [0.4, 0.5) is 5.82 Å². The highest BCUT2D eigenvalue weighted by atomic mass is 16.1. The van der Waals surface area contributed by atoms with Crippen molar-refractivity contribution >= 4 is 11.7 Å². The zero-order chi connectivity index (χ0) is 11.6. The number of nitrogens with one attached hydrogen (secondary N) is 2. The summed E-state index contributed by atoms with van der Waals surface area (Å²) in [5.41, 5.74) is 5.96. The number of amides is 1. The molecule has 0 atom stereocenters. The van der Waals surface area contributed by atoms with Crippen molar-refractivity contribution in [3.63, 3.8) is 0 Å². The van der Waals surface area contributed by atoms with Crippen molar-refractivity contribution < 1.29 is 4.79 Å². The predicted octanol–water partition coefficient (Wildman–Crippen LogP) is 1.44. The number of nitrogen functional groups attached to an aromatic ring is 1. The normalized spacial score (nSPS) is 19.3. The molecule has 1 saturated carbocycles. The Morgan fingerprint density at radius 2 is 2.19 bits per heavy atom. The molecule has 16 heavy (non-hydrogen) atoms. The molecule has 1 amide bonds. The lowest BCUT2D eigenvalue weighted by Crippen LogP contribution is -2.47. The standard InChI is InChI=1S/C11H18N4O/c1-11(5-3-2-4-6-11)14-10(16)8-7-13-15-9(8)12/h7H,2-6H2,1H3,(H,14,16)(H3,12,13,15). The Morgan fingerprint density at radius 3 is 2.75 bits per heavy atom. The van der Waals surface area contributed by atoms with Crippen LogP contribution in [0.2, 0.25) is 0 Å². The average Bonchev–Trinajstić information content (AvgIpc) is 2.65. The number of nitrogens with zero attached hydrogens (tertiary/aromatic N) is 1. The lowest BCUT2D eigenvalue weighted by atomic mass is 9.83. The van der Waals surface area contributed by atoms with Crippen molar-refractivity contribution in [2.24, 2.45) is 0 Å². The number of aromatic nitrogens is 2. The molecule has 0 aromatic carbocycles. The van der Waals surface area contributed by atoms with Gasteiger partial charge in [0.1, 0.15) is 11.4 Å². The van der Waals surface area contributed by atoms with Gasteiger partial charge in [0.05, 0.1) is 6.20 Å². The van der Waals surface area contributed by atoms with Gasteiger partial charge in [-0.3, -0.25) is 9.89 Å². The Hall–Kier alpha value is -1.52. The van der Waals surface area contributed by atoms with E-state index in [0.29, 0.717) is 11.4 Å². The summed E-state index contributed by atoms with van der Waals surface area (Å²) in [5.74, 6) is 0.201. The van der Waals surface area contributed by atoms with Crippen LogP contribution in [0.25, 0.3) is 0 Å². The molecule has 1 aliphatic carbocycles. The van der Waals surface area contributed by atoms with Crippen LogP contribution < -0.4 is 11.1 Å².